The van der Waals surface area contributed by atoms with E-state index < -0.39 is 0 Å². The largest absolute Gasteiger partial charge is 0.392 e. The summed E-state index contributed by atoms with van der Waals surface area (Å²) < 4.78 is 0. The van der Waals surface area contributed by atoms with Crippen LogP contribution in [0.5, 0.6) is 0 Å². The Bertz CT molecular complexity index is 248. The second kappa shape index (κ2) is 5.53. The Labute approximate surface area is 88.1 Å². The molecule has 0 spiro atoms. The van der Waals surface area contributed by atoms with Gasteiger partial charge in [-0.1, -0.05) is 23.7 Å². The molecule has 0 radical (unpaired) electrons. The summed E-state index contributed by atoms with van der Waals surface area (Å²) in [6.45, 7) is 0. The summed E-state index contributed by atoms with van der Waals surface area (Å²) in [6, 6.07) is 7.60. The van der Waals surface area contributed by atoms with Gasteiger partial charge >= 0.3 is 0 Å². The highest BCUT2D eigenvalue weighted by Crippen LogP contribution is 2.12. The number of thioether (sulfide) groups is 1. The molecule has 0 fully saturated rings. The van der Waals surface area contributed by atoms with Gasteiger partial charge in [-0.2, -0.15) is 11.8 Å². The minimum absolute atomic E-state index is 0.254. The molecule has 1 aromatic rings. The van der Waals surface area contributed by atoms with E-state index >= 15 is 0 Å². The van der Waals surface area contributed by atoms with Crippen molar-refractivity contribution in [3.8, 4) is 0 Å². The lowest BCUT2D eigenvalue weighted by atomic mass is 10.1. The number of benzene rings is 1. The van der Waals surface area contributed by atoms with Crippen molar-refractivity contribution in [3.63, 3.8) is 0 Å². The van der Waals surface area contributed by atoms with Gasteiger partial charge in [0, 0.05) is 10.8 Å². The summed E-state index contributed by atoms with van der Waals surface area (Å²) in [7, 11) is 0. The topological polar surface area (TPSA) is 20.2 Å². The van der Waals surface area contributed by atoms with Gasteiger partial charge in [-0.3, -0.25) is 0 Å². The molecule has 3 heteroatoms. The summed E-state index contributed by atoms with van der Waals surface area (Å²) >= 11 is 7.40. The molecule has 0 aliphatic carbocycles. The van der Waals surface area contributed by atoms with Crippen molar-refractivity contribution in [2.45, 2.75) is 12.5 Å². The first-order chi connectivity index (χ1) is 6.22. The fourth-order valence-electron chi connectivity index (χ4n) is 1.14. The molecule has 0 saturated carbocycles. The lowest BCUT2D eigenvalue weighted by Crippen LogP contribution is -2.12. The Morgan fingerprint density at radius 1 is 1.38 bits per heavy atom. The normalized spacial score (nSPS) is 12.8. The third kappa shape index (κ3) is 4.03. The molecule has 1 rings (SSSR count). The highest BCUT2D eigenvalue weighted by molar-refractivity contribution is 7.98. The van der Waals surface area contributed by atoms with Gasteiger partial charge in [-0.05, 0) is 30.4 Å². The standard InChI is InChI=1S/C10H13ClOS/c1-13-7-10(12)6-8-2-4-9(11)5-3-8/h2-5,10,12H,6-7H2,1H3. The van der Waals surface area contributed by atoms with E-state index in [9.17, 15) is 5.11 Å². The Kier molecular flexibility index (Phi) is 4.64. The van der Waals surface area contributed by atoms with Crippen LogP contribution in [-0.4, -0.2) is 23.2 Å². The number of hydrogen-bond donors (Lipinski definition) is 1. The van der Waals surface area contributed by atoms with E-state index in [0.29, 0.717) is 6.42 Å². The molecular weight excluding hydrogens is 204 g/mol. The van der Waals surface area contributed by atoms with E-state index in [0.717, 1.165) is 16.3 Å². The van der Waals surface area contributed by atoms with Crippen LogP contribution >= 0.6 is 23.4 Å². The lowest BCUT2D eigenvalue weighted by Gasteiger charge is -2.08. The maximum Gasteiger partial charge on any atom is 0.0670 e. The Morgan fingerprint density at radius 2 is 2.00 bits per heavy atom. The molecule has 1 unspecified atom stereocenters. The van der Waals surface area contributed by atoms with Crippen LogP contribution in [0.3, 0.4) is 0 Å². The van der Waals surface area contributed by atoms with Crippen LogP contribution in [-0.2, 0) is 6.42 Å². The van der Waals surface area contributed by atoms with Crippen molar-refractivity contribution >= 4 is 23.4 Å². The van der Waals surface area contributed by atoms with Gasteiger partial charge in [0.15, 0.2) is 0 Å². The fourth-order valence-corrected chi connectivity index (χ4v) is 1.77. The van der Waals surface area contributed by atoms with Crippen molar-refractivity contribution in [1.29, 1.82) is 0 Å². The first kappa shape index (κ1) is 10.9. The molecule has 0 heterocycles. The number of aliphatic hydroxyl groups is 1. The SMILES string of the molecule is CSCC(O)Cc1ccc(Cl)cc1. The molecule has 0 aromatic heterocycles. The van der Waals surface area contributed by atoms with Gasteiger partial charge in [0.25, 0.3) is 0 Å². The summed E-state index contributed by atoms with van der Waals surface area (Å²) in [4.78, 5) is 0. The van der Waals surface area contributed by atoms with E-state index in [4.69, 9.17) is 11.6 Å². The molecule has 1 nitrogen and oxygen atoms in total. The lowest BCUT2D eigenvalue weighted by molar-refractivity contribution is 0.200. The predicted octanol–water partition coefficient (Wildman–Crippen LogP) is 2.61. The summed E-state index contributed by atoms with van der Waals surface area (Å²) in [5, 5.41) is 10.3. The fraction of sp³-hybridized carbons (Fsp3) is 0.400. The van der Waals surface area contributed by atoms with Crippen molar-refractivity contribution in [2.75, 3.05) is 12.0 Å². The Morgan fingerprint density at radius 3 is 2.54 bits per heavy atom. The molecule has 0 aliphatic rings. The van der Waals surface area contributed by atoms with Gasteiger partial charge in [0.05, 0.1) is 6.10 Å². The quantitative estimate of drug-likeness (QED) is 0.835. The zero-order valence-electron chi connectivity index (χ0n) is 7.53. The van der Waals surface area contributed by atoms with E-state index in [2.05, 4.69) is 0 Å². The molecule has 0 saturated heterocycles. The molecule has 1 atom stereocenters. The average Bonchev–Trinajstić information content (AvgIpc) is 2.09. The van der Waals surface area contributed by atoms with Crippen LogP contribution < -0.4 is 0 Å². The van der Waals surface area contributed by atoms with Crippen LogP contribution in [0.4, 0.5) is 0 Å². The van der Waals surface area contributed by atoms with Crippen LogP contribution in [0.2, 0.25) is 5.02 Å². The van der Waals surface area contributed by atoms with E-state index in [-0.39, 0.29) is 6.10 Å². The third-order valence-electron chi connectivity index (χ3n) is 1.74. The number of halogens is 1. The van der Waals surface area contributed by atoms with Gasteiger partial charge in [-0.15, -0.1) is 0 Å². The minimum Gasteiger partial charge on any atom is -0.392 e. The maximum atomic E-state index is 9.52. The summed E-state index contributed by atoms with van der Waals surface area (Å²) in [6.07, 6.45) is 2.44. The number of rotatable bonds is 4. The van der Waals surface area contributed by atoms with Gasteiger partial charge in [-0.25, -0.2) is 0 Å². The van der Waals surface area contributed by atoms with Crippen LogP contribution in [0.25, 0.3) is 0 Å². The number of hydrogen-bond acceptors (Lipinski definition) is 2. The monoisotopic (exact) mass is 216 g/mol. The molecule has 1 aromatic carbocycles. The first-order valence-corrected chi connectivity index (χ1v) is 5.91. The predicted molar refractivity (Wildman–Crippen MR) is 59.5 cm³/mol. The molecule has 72 valence electrons. The number of aliphatic hydroxyl groups excluding tert-OH is 1. The van der Waals surface area contributed by atoms with Gasteiger partial charge in [0.2, 0.25) is 0 Å². The highest BCUT2D eigenvalue weighted by Gasteiger charge is 2.03. The molecule has 0 bridgehead atoms. The Hall–Kier alpha value is -0.180. The second-order valence-corrected chi connectivity index (χ2v) is 4.29. The van der Waals surface area contributed by atoms with E-state index in [1.165, 1.54) is 0 Å². The molecule has 13 heavy (non-hydrogen) atoms. The molecule has 0 aliphatic heterocycles. The summed E-state index contributed by atoms with van der Waals surface area (Å²) in [5.74, 6) is 0.780. The second-order valence-electron chi connectivity index (χ2n) is 2.94. The van der Waals surface area contributed by atoms with Crippen molar-refractivity contribution < 1.29 is 5.11 Å². The van der Waals surface area contributed by atoms with Crippen LogP contribution in [0.1, 0.15) is 5.56 Å². The van der Waals surface area contributed by atoms with Crippen molar-refractivity contribution in [1.82, 2.24) is 0 Å². The molecular formula is C10H13ClOS. The van der Waals surface area contributed by atoms with Crippen LogP contribution in [0.15, 0.2) is 24.3 Å². The van der Waals surface area contributed by atoms with Gasteiger partial charge in [0.1, 0.15) is 0 Å². The van der Waals surface area contributed by atoms with E-state index in [1.54, 1.807) is 11.8 Å². The van der Waals surface area contributed by atoms with Crippen molar-refractivity contribution in [2.24, 2.45) is 0 Å². The van der Waals surface area contributed by atoms with Gasteiger partial charge < -0.3 is 5.11 Å². The molecule has 1 N–H and O–H groups in total. The Balaban J connectivity index is 2.49. The third-order valence-corrected chi connectivity index (χ3v) is 2.71. The van der Waals surface area contributed by atoms with E-state index in [1.807, 2.05) is 30.5 Å². The maximum absolute atomic E-state index is 9.52. The minimum atomic E-state index is -0.254. The van der Waals surface area contributed by atoms with Crippen molar-refractivity contribution in [3.05, 3.63) is 34.9 Å². The average molecular weight is 217 g/mol. The zero-order chi connectivity index (χ0) is 9.68. The molecule has 0 amide bonds. The van der Waals surface area contributed by atoms with Crippen LogP contribution in [0, 0.1) is 0 Å². The zero-order valence-corrected chi connectivity index (χ0v) is 9.11. The highest BCUT2D eigenvalue weighted by atomic mass is 35.5. The summed E-state index contributed by atoms with van der Waals surface area (Å²) in [5.41, 5.74) is 1.13. The smallest absolute Gasteiger partial charge is 0.0670 e. The first-order valence-electron chi connectivity index (χ1n) is 4.14.